The fourth-order valence-corrected chi connectivity index (χ4v) is 2.45. The summed E-state index contributed by atoms with van der Waals surface area (Å²) in [5.74, 6) is 0.479. The van der Waals surface area contributed by atoms with Crippen LogP contribution >= 0.6 is 15.9 Å². The van der Waals surface area contributed by atoms with Gasteiger partial charge in [0.25, 0.3) is 0 Å². The van der Waals surface area contributed by atoms with Crippen molar-refractivity contribution in [1.82, 2.24) is 0 Å². The molecule has 0 aliphatic heterocycles. The van der Waals surface area contributed by atoms with Gasteiger partial charge in [-0.3, -0.25) is 0 Å². The first-order chi connectivity index (χ1) is 9.47. The van der Waals surface area contributed by atoms with Crippen LogP contribution in [0.15, 0.2) is 40.9 Å². The molecule has 106 valence electrons. The normalized spacial score (nSPS) is 12.2. The fourth-order valence-electron chi connectivity index (χ4n) is 1.94. The van der Waals surface area contributed by atoms with Gasteiger partial charge in [-0.25, -0.2) is 4.39 Å². The van der Waals surface area contributed by atoms with Crippen LogP contribution in [0.3, 0.4) is 0 Å². The van der Waals surface area contributed by atoms with Crippen LogP contribution < -0.4 is 10.5 Å². The van der Waals surface area contributed by atoms with Crippen molar-refractivity contribution in [3.05, 3.63) is 57.8 Å². The van der Waals surface area contributed by atoms with Crippen LogP contribution in [0.5, 0.6) is 11.5 Å². The number of nitrogens with two attached hydrogens (primary N) is 1. The summed E-state index contributed by atoms with van der Waals surface area (Å²) >= 11 is 3.45. The smallest absolute Gasteiger partial charge is 0.168 e. The summed E-state index contributed by atoms with van der Waals surface area (Å²) in [7, 11) is 0. The van der Waals surface area contributed by atoms with E-state index in [0.29, 0.717) is 11.3 Å². The molecule has 0 spiro atoms. The molecule has 2 aromatic carbocycles. The van der Waals surface area contributed by atoms with Crippen molar-refractivity contribution < 1.29 is 9.13 Å². The minimum absolute atomic E-state index is 0.0999. The maximum atomic E-state index is 13.9. The Kier molecular flexibility index (Phi) is 4.78. The Morgan fingerprint density at radius 2 is 2.00 bits per heavy atom. The van der Waals surface area contributed by atoms with E-state index in [-0.39, 0.29) is 17.6 Å². The number of rotatable bonds is 4. The zero-order valence-electron chi connectivity index (χ0n) is 11.5. The van der Waals surface area contributed by atoms with E-state index >= 15 is 0 Å². The summed E-state index contributed by atoms with van der Waals surface area (Å²) in [6.45, 7) is 3.67. The van der Waals surface area contributed by atoms with Crippen LogP contribution in [-0.4, -0.2) is 6.04 Å². The van der Waals surface area contributed by atoms with Crippen LogP contribution in [0.4, 0.5) is 4.39 Å². The van der Waals surface area contributed by atoms with Gasteiger partial charge in [0.2, 0.25) is 0 Å². The van der Waals surface area contributed by atoms with Crippen molar-refractivity contribution in [2.24, 2.45) is 5.73 Å². The molecule has 4 heteroatoms. The fraction of sp³-hybridized carbons (Fsp3) is 0.250. The van der Waals surface area contributed by atoms with E-state index in [2.05, 4.69) is 15.9 Å². The third kappa shape index (κ3) is 3.58. The Morgan fingerprint density at radius 3 is 2.65 bits per heavy atom. The SMILES string of the molecule is Cc1cccc(Oc2ccc(CC(C)N)cc2Br)c1F. The van der Waals surface area contributed by atoms with Crippen molar-refractivity contribution in [3.63, 3.8) is 0 Å². The largest absolute Gasteiger partial charge is 0.453 e. The third-order valence-corrected chi connectivity index (χ3v) is 3.55. The Balaban J connectivity index is 2.24. The van der Waals surface area contributed by atoms with Gasteiger partial charge in [0.1, 0.15) is 5.75 Å². The maximum absolute atomic E-state index is 13.9. The van der Waals surface area contributed by atoms with Gasteiger partial charge in [-0.2, -0.15) is 0 Å². The molecule has 1 atom stereocenters. The quantitative estimate of drug-likeness (QED) is 0.886. The molecule has 0 fully saturated rings. The number of ether oxygens (including phenoxy) is 1. The molecule has 0 saturated carbocycles. The molecule has 0 amide bonds. The average molecular weight is 338 g/mol. The second-order valence-electron chi connectivity index (χ2n) is 4.94. The van der Waals surface area contributed by atoms with E-state index in [1.165, 1.54) is 0 Å². The van der Waals surface area contributed by atoms with E-state index in [1.54, 1.807) is 25.1 Å². The maximum Gasteiger partial charge on any atom is 0.168 e. The summed E-state index contributed by atoms with van der Waals surface area (Å²) < 4.78 is 20.3. The highest BCUT2D eigenvalue weighted by Crippen LogP contribution is 2.32. The molecule has 1 unspecified atom stereocenters. The van der Waals surface area contributed by atoms with Crippen molar-refractivity contribution >= 4 is 15.9 Å². The van der Waals surface area contributed by atoms with Crippen molar-refractivity contribution in [2.75, 3.05) is 0 Å². The number of benzene rings is 2. The van der Waals surface area contributed by atoms with Gasteiger partial charge in [-0.1, -0.05) is 18.2 Å². The van der Waals surface area contributed by atoms with E-state index in [1.807, 2.05) is 25.1 Å². The van der Waals surface area contributed by atoms with Gasteiger partial charge in [-0.05, 0) is 65.5 Å². The lowest BCUT2D eigenvalue weighted by Gasteiger charge is -2.12. The predicted octanol–water partition coefficient (Wildman–Crippen LogP) is 4.58. The lowest BCUT2D eigenvalue weighted by atomic mass is 10.1. The highest BCUT2D eigenvalue weighted by atomic mass is 79.9. The first-order valence-electron chi connectivity index (χ1n) is 6.44. The summed E-state index contributed by atoms with van der Waals surface area (Å²) in [4.78, 5) is 0. The molecule has 20 heavy (non-hydrogen) atoms. The second kappa shape index (κ2) is 6.37. The van der Waals surface area contributed by atoms with Crippen LogP contribution in [0.25, 0.3) is 0 Å². The Morgan fingerprint density at radius 1 is 1.25 bits per heavy atom. The van der Waals surface area contributed by atoms with Gasteiger partial charge in [0.05, 0.1) is 4.47 Å². The highest BCUT2D eigenvalue weighted by molar-refractivity contribution is 9.10. The first-order valence-corrected chi connectivity index (χ1v) is 7.23. The standard InChI is InChI=1S/C16H17BrFNO/c1-10-4-3-5-15(16(10)18)20-14-7-6-12(8-11(2)19)9-13(14)17/h3-7,9,11H,8,19H2,1-2H3. The van der Waals surface area contributed by atoms with Crippen molar-refractivity contribution in [2.45, 2.75) is 26.3 Å². The predicted molar refractivity (Wildman–Crippen MR) is 82.7 cm³/mol. The molecular weight excluding hydrogens is 321 g/mol. The zero-order valence-corrected chi connectivity index (χ0v) is 13.1. The Hall–Kier alpha value is -1.39. The molecule has 2 aromatic rings. The highest BCUT2D eigenvalue weighted by Gasteiger charge is 2.10. The third-order valence-electron chi connectivity index (χ3n) is 2.93. The number of hydrogen-bond acceptors (Lipinski definition) is 2. The molecule has 0 aliphatic carbocycles. The van der Waals surface area contributed by atoms with E-state index in [9.17, 15) is 4.39 Å². The second-order valence-corrected chi connectivity index (χ2v) is 5.79. The molecule has 0 bridgehead atoms. The summed E-state index contributed by atoms with van der Waals surface area (Å²) in [5.41, 5.74) is 7.45. The molecule has 0 heterocycles. The van der Waals surface area contributed by atoms with Gasteiger partial charge in [0.15, 0.2) is 11.6 Å². The topological polar surface area (TPSA) is 35.2 Å². The molecule has 2 nitrogen and oxygen atoms in total. The lowest BCUT2D eigenvalue weighted by molar-refractivity contribution is 0.437. The minimum Gasteiger partial charge on any atom is -0.453 e. The van der Waals surface area contributed by atoms with Gasteiger partial charge in [-0.15, -0.1) is 0 Å². The lowest BCUT2D eigenvalue weighted by Crippen LogP contribution is -2.17. The number of hydrogen-bond donors (Lipinski definition) is 1. The molecular formula is C16H17BrFNO. The summed E-state index contributed by atoms with van der Waals surface area (Å²) in [6.07, 6.45) is 0.789. The van der Waals surface area contributed by atoms with Crippen LogP contribution in [0, 0.1) is 12.7 Å². The van der Waals surface area contributed by atoms with Crippen LogP contribution in [-0.2, 0) is 6.42 Å². The molecule has 0 saturated heterocycles. The first kappa shape index (κ1) is 15.0. The Bertz CT molecular complexity index is 613. The van der Waals surface area contributed by atoms with Gasteiger partial charge in [0, 0.05) is 6.04 Å². The molecule has 0 aliphatic rings. The Labute approximate surface area is 126 Å². The number of aryl methyl sites for hydroxylation is 1. The van der Waals surface area contributed by atoms with Gasteiger partial charge >= 0.3 is 0 Å². The molecule has 0 radical (unpaired) electrons. The van der Waals surface area contributed by atoms with E-state index in [0.717, 1.165) is 16.5 Å². The molecule has 2 rings (SSSR count). The van der Waals surface area contributed by atoms with Crippen molar-refractivity contribution in [1.29, 1.82) is 0 Å². The van der Waals surface area contributed by atoms with Crippen LogP contribution in [0.1, 0.15) is 18.1 Å². The zero-order chi connectivity index (χ0) is 14.7. The van der Waals surface area contributed by atoms with Crippen molar-refractivity contribution in [3.8, 4) is 11.5 Å². The minimum atomic E-state index is -0.334. The summed E-state index contributed by atoms with van der Waals surface area (Å²) in [5, 5.41) is 0. The van der Waals surface area contributed by atoms with Crippen LogP contribution in [0.2, 0.25) is 0 Å². The number of halogens is 2. The molecule has 2 N–H and O–H groups in total. The van der Waals surface area contributed by atoms with E-state index in [4.69, 9.17) is 10.5 Å². The van der Waals surface area contributed by atoms with Gasteiger partial charge < -0.3 is 10.5 Å². The average Bonchev–Trinajstić information content (AvgIpc) is 2.37. The summed E-state index contributed by atoms with van der Waals surface area (Å²) in [6, 6.07) is 10.9. The monoisotopic (exact) mass is 337 g/mol. The van der Waals surface area contributed by atoms with E-state index < -0.39 is 0 Å². The molecule has 0 aromatic heterocycles.